The first-order valence-corrected chi connectivity index (χ1v) is 7.46. The van der Waals surface area contributed by atoms with E-state index in [1.165, 1.54) is 6.07 Å². The number of carbonyl (C=O) groups is 1. The third-order valence-corrected chi connectivity index (χ3v) is 4.66. The maximum atomic E-state index is 12.5. The zero-order valence-corrected chi connectivity index (χ0v) is 13.9. The van der Waals surface area contributed by atoms with Crippen molar-refractivity contribution in [3.63, 3.8) is 0 Å². The molecule has 0 aliphatic carbocycles. The third kappa shape index (κ3) is 3.24. The smallest absolute Gasteiger partial charge is 0.284 e. The van der Waals surface area contributed by atoms with Crippen molar-refractivity contribution in [3.05, 3.63) is 38.3 Å². The second-order valence-corrected chi connectivity index (χ2v) is 6.74. The Bertz CT molecular complexity index is 589. The van der Waals surface area contributed by atoms with Gasteiger partial charge < -0.3 is 4.90 Å². The van der Waals surface area contributed by atoms with Crippen molar-refractivity contribution >= 4 is 27.5 Å². The first-order chi connectivity index (χ1) is 9.72. The minimum Gasteiger partial charge on any atom is -0.336 e. The number of nitro groups is 1. The Morgan fingerprint density at radius 3 is 2.62 bits per heavy atom. The van der Waals surface area contributed by atoms with Gasteiger partial charge in [-0.1, -0.05) is 0 Å². The monoisotopic (exact) mass is 355 g/mol. The van der Waals surface area contributed by atoms with Crippen molar-refractivity contribution in [1.82, 2.24) is 9.80 Å². The number of nitrogens with zero attached hydrogens (tertiary/aromatic N) is 3. The molecule has 1 amide bonds. The molecule has 1 aromatic rings. The highest BCUT2D eigenvalue weighted by Gasteiger charge is 2.33. The maximum absolute atomic E-state index is 12.5. The number of carbonyl (C=O) groups excluding carboxylic acids is 1. The first-order valence-electron chi connectivity index (χ1n) is 6.67. The number of halogens is 1. The Morgan fingerprint density at radius 1 is 1.38 bits per heavy atom. The lowest BCUT2D eigenvalue weighted by atomic mass is 9.99. The van der Waals surface area contributed by atoms with Gasteiger partial charge in [0.2, 0.25) is 0 Å². The number of piperazine rings is 1. The highest BCUT2D eigenvalue weighted by molar-refractivity contribution is 9.10. The highest BCUT2D eigenvalue weighted by atomic mass is 79.9. The Hall–Kier alpha value is -1.47. The van der Waals surface area contributed by atoms with Crippen molar-refractivity contribution in [2.75, 3.05) is 26.7 Å². The molecular formula is C14H18BrN3O3. The van der Waals surface area contributed by atoms with Crippen LogP contribution in [-0.2, 0) is 0 Å². The molecule has 0 saturated carbocycles. The average molecular weight is 356 g/mol. The summed E-state index contributed by atoms with van der Waals surface area (Å²) in [5, 5.41) is 11.0. The van der Waals surface area contributed by atoms with Gasteiger partial charge in [-0.05, 0) is 49.0 Å². The van der Waals surface area contributed by atoms with Crippen LogP contribution in [0.4, 0.5) is 5.69 Å². The van der Waals surface area contributed by atoms with Crippen LogP contribution in [-0.4, -0.2) is 52.9 Å². The van der Waals surface area contributed by atoms with Crippen molar-refractivity contribution in [1.29, 1.82) is 0 Å². The molecule has 1 aliphatic rings. The number of benzene rings is 1. The van der Waals surface area contributed by atoms with E-state index in [9.17, 15) is 14.9 Å². The van der Waals surface area contributed by atoms with E-state index >= 15 is 0 Å². The SMILES string of the molecule is CN1CCN(C(=O)c2ccc(Br)c([N+](=O)[O-])c2)CC1(C)C. The van der Waals surface area contributed by atoms with E-state index in [0.29, 0.717) is 23.1 Å². The number of rotatable bonds is 2. The van der Waals surface area contributed by atoms with Crippen molar-refractivity contribution in [2.45, 2.75) is 19.4 Å². The Labute approximate surface area is 132 Å². The van der Waals surface area contributed by atoms with Crippen LogP contribution in [0.2, 0.25) is 0 Å². The van der Waals surface area contributed by atoms with Gasteiger partial charge in [-0.2, -0.15) is 0 Å². The molecule has 0 unspecified atom stereocenters. The lowest BCUT2D eigenvalue weighted by molar-refractivity contribution is -0.385. The summed E-state index contributed by atoms with van der Waals surface area (Å²) in [6, 6.07) is 4.50. The van der Waals surface area contributed by atoms with Gasteiger partial charge in [0.25, 0.3) is 11.6 Å². The molecule has 1 aromatic carbocycles. The summed E-state index contributed by atoms with van der Waals surface area (Å²) < 4.78 is 0.378. The van der Waals surface area contributed by atoms with E-state index in [1.54, 1.807) is 17.0 Å². The minimum absolute atomic E-state index is 0.0887. The van der Waals surface area contributed by atoms with Crippen LogP contribution in [0.1, 0.15) is 24.2 Å². The number of nitro benzene ring substituents is 1. The largest absolute Gasteiger partial charge is 0.336 e. The first kappa shape index (κ1) is 15.9. The molecule has 0 bridgehead atoms. The van der Waals surface area contributed by atoms with Crippen LogP contribution in [0.25, 0.3) is 0 Å². The van der Waals surface area contributed by atoms with Crippen molar-refractivity contribution in [3.8, 4) is 0 Å². The van der Waals surface area contributed by atoms with E-state index in [-0.39, 0.29) is 17.1 Å². The predicted octanol–water partition coefficient (Wildman–Crippen LogP) is 2.52. The summed E-state index contributed by atoms with van der Waals surface area (Å²) in [6.07, 6.45) is 0. The zero-order chi connectivity index (χ0) is 15.8. The van der Waals surface area contributed by atoms with Gasteiger partial charge >= 0.3 is 0 Å². The average Bonchev–Trinajstić information content (AvgIpc) is 2.41. The second-order valence-electron chi connectivity index (χ2n) is 5.88. The van der Waals surface area contributed by atoms with Gasteiger partial charge in [0.05, 0.1) is 9.40 Å². The summed E-state index contributed by atoms with van der Waals surface area (Å²) in [5.41, 5.74) is 0.161. The van der Waals surface area contributed by atoms with E-state index in [2.05, 4.69) is 34.7 Å². The molecule has 21 heavy (non-hydrogen) atoms. The quantitative estimate of drug-likeness (QED) is 0.603. The summed E-state index contributed by atoms with van der Waals surface area (Å²) in [6.45, 7) is 6.18. The summed E-state index contributed by atoms with van der Waals surface area (Å²) in [5.74, 6) is -0.160. The normalized spacial score (nSPS) is 18.6. The molecule has 1 heterocycles. The molecule has 0 radical (unpaired) electrons. The van der Waals surface area contributed by atoms with E-state index < -0.39 is 4.92 Å². The molecule has 1 aliphatic heterocycles. The maximum Gasteiger partial charge on any atom is 0.284 e. The fourth-order valence-electron chi connectivity index (χ4n) is 2.38. The molecule has 0 N–H and O–H groups in total. The van der Waals surface area contributed by atoms with Gasteiger partial charge in [-0.25, -0.2) is 0 Å². The molecule has 7 heteroatoms. The van der Waals surface area contributed by atoms with E-state index in [4.69, 9.17) is 0 Å². The molecule has 2 rings (SSSR count). The topological polar surface area (TPSA) is 66.7 Å². The van der Waals surface area contributed by atoms with Crippen molar-refractivity contribution in [2.24, 2.45) is 0 Å². The second kappa shape index (κ2) is 5.73. The van der Waals surface area contributed by atoms with Crippen LogP contribution in [0.15, 0.2) is 22.7 Å². The van der Waals surface area contributed by atoms with Gasteiger partial charge in [-0.3, -0.25) is 19.8 Å². The lowest BCUT2D eigenvalue weighted by Gasteiger charge is -2.45. The third-order valence-electron chi connectivity index (χ3n) is 3.99. The predicted molar refractivity (Wildman–Crippen MR) is 83.4 cm³/mol. The van der Waals surface area contributed by atoms with E-state index in [1.807, 2.05) is 7.05 Å². The minimum atomic E-state index is -0.491. The van der Waals surface area contributed by atoms with Gasteiger partial charge in [-0.15, -0.1) is 0 Å². The van der Waals surface area contributed by atoms with Gasteiger partial charge in [0, 0.05) is 36.8 Å². The Balaban J connectivity index is 2.25. The molecule has 0 spiro atoms. The van der Waals surface area contributed by atoms with Crippen molar-refractivity contribution < 1.29 is 9.72 Å². The van der Waals surface area contributed by atoms with Crippen LogP contribution in [0.5, 0.6) is 0 Å². The van der Waals surface area contributed by atoms with Gasteiger partial charge in [0.1, 0.15) is 0 Å². The summed E-state index contributed by atoms with van der Waals surface area (Å²) in [4.78, 5) is 27.0. The standard InChI is InChI=1S/C14H18BrN3O3/c1-14(2)9-17(7-6-16(14)3)13(19)10-4-5-11(15)12(8-10)18(20)21/h4-5,8H,6-7,9H2,1-3H3. The molecule has 1 fully saturated rings. The number of hydrogen-bond acceptors (Lipinski definition) is 4. The van der Waals surface area contributed by atoms with Crippen LogP contribution >= 0.6 is 15.9 Å². The molecule has 0 atom stereocenters. The number of likely N-dealkylation sites (N-methyl/N-ethyl adjacent to an activating group) is 1. The molecule has 6 nitrogen and oxygen atoms in total. The lowest BCUT2D eigenvalue weighted by Crippen LogP contribution is -2.58. The van der Waals surface area contributed by atoms with Crippen LogP contribution in [0.3, 0.4) is 0 Å². The molecule has 0 aromatic heterocycles. The highest BCUT2D eigenvalue weighted by Crippen LogP contribution is 2.27. The Kier molecular flexibility index (Phi) is 4.34. The fourth-order valence-corrected chi connectivity index (χ4v) is 2.77. The summed E-state index contributed by atoms with van der Waals surface area (Å²) >= 11 is 3.13. The van der Waals surface area contributed by atoms with Crippen LogP contribution in [0, 0.1) is 10.1 Å². The number of amides is 1. The van der Waals surface area contributed by atoms with E-state index in [0.717, 1.165) is 6.54 Å². The summed E-state index contributed by atoms with van der Waals surface area (Å²) in [7, 11) is 2.03. The molecule has 114 valence electrons. The Morgan fingerprint density at radius 2 is 2.05 bits per heavy atom. The van der Waals surface area contributed by atoms with Gasteiger partial charge in [0.15, 0.2) is 0 Å². The number of hydrogen-bond donors (Lipinski definition) is 0. The molecular weight excluding hydrogens is 338 g/mol. The molecule has 1 saturated heterocycles. The van der Waals surface area contributed by atoms with Crippen LogP contribution < -0.4 is 0 Å². The zero-order valence-electron chi connectivity index (χ0n) is 12.3. The fraction of sp³-hybridized carbons (Fsp3) is 0.500.